The van der Waals surface area contributed by atoms with Gasteiger partial charge in [-0.25, -0.2) is 4.79 Å². The van der Waals surface area contributed by atoms with Gasteiger partial charge in [-0.05, 0) is 43.5 Å². The van der Waals surface area contributed by atoms with E-state index in [1.54, 1.807) is 13.0 Å². The maximum Gasteiger partial charge on any atom is 0.335 e. The second kappa shape index (κ2) is 5.73. The lowest BCUT2D eigenvalue weighted by Crippen LogP contribution is -2.50. The first-order valence-electron chi connectivity index (χ1n) is 6.41. The Balaban J connectivity index is 2.16. The van der Waals surface area contributed by atoms with Gasteiger partial charge in [0.25, 0.3) is 5.91 Å². The summed E-state index contributed by atoms with van der Waals surface area (Å²) in [5.74, 6) is -1.72. The Labute approximate surface area is 116 Å². The monoisotopic (exact) mass is 276 g/mol. The van der Waals surface area contributed by atoms with Crippen LogP contribution < -0.4 is 10.6 Å². The molecule has 20 heavy (non-hydrogen) atoms. The van der Waals surface area contributed by atoms with Gasteiger partial charge in [0.05, 0.1) is 5.56 Å². The van der Waals surface area contributed by atoms with Crippen LogP contribution in [0.25, 0.3) is 0 Å². The summed E-state index contributed by atoms with van der Waals surface area (Å²) >= 11 is 0. The molecule has 6 nitrogen and oxygen atoms in total. The molecule has 0 spiro atoms. The van der Waals surface area contributed by atoms with Gasteiger partial charge >= 0.3 is 5.97 Å². The van der Waals surface area contributed by atoms with Gasteiger partial charge in [-0.15, -0.1) is 0 Å². The largest absolute Gasteiger partial charge is 0.478 e. The second-order valence-corrected chi connectivity index (χ2v) is 4.85. The number of hydrogen-bond donors (Lipinski definition) is 3. The van der Waals surface area contributed by atoms with Gasteiger partial charge in [0.1, 0.15) is 6.04 Å². The standard InChI is InChI=1S/C14H16N2O4/c1-8-5-9(7-10(6-8)14(19)20)12(17)16-11-3-2-4-15-13(11)18/h5-7,11H,2-4H2,1H3,(H,15,18)(H,16,17)(H,19,20). The summed E-state index contributed by atoms with van der Waals surface area (Å²) in [4.78, 5) is 34.7. The number of rotatable bonds is 3. The molecule has 0 aliphatic carbocycles. The lowest BCUT2D eigenvalue weighted by molar-refractivity contribution is -0.124. The van der Waals surface area contributed by atoms with Gasteiger partial charge in [0.2, 0.25) is 5.91 Å². The molecule has 2 amide bonds. The topological polar surface area (TPSA) is 95.5 Å². The molecule has 0 bridgehead atoms. The van der Waals surface area contributed by atoms with Crippen molar-refractivity contribution in [3.05, 3.63) is 34.9 Å². The van der Waals surface area contributed by atoms with Crippen molar-refractivity contribution in [2.75, 3.05) is 6.54 Å². The fourth-order valence-corrected chi connectivity index (χ4v) is 2.19. The van der Waals surface area contributed by atoms with Crippen molar-refractivity contribution in [3.8, 4) is 0 Å². The Hall–Kier alpha value is -2.37. The predicted molar refractivity (Wildman–Crippen MR) is 71.6 cm³/mol. The summed E-state index contributed by atoms with van der Waals surface area (Å²) in [6.45, 7) is 2.34. The normalized spacial score (nSPS) is 18.2. The third-order valence-corrected chi connectivity index (χ3v) is 3.18. The van der Waals surface area contributed by atoms with Gasteiger partial charge in [0, 0.05) is 12.1 Å². The van der Waals surface area contributed by atoms with E-state index < -0.39 is 17.9 Å². The third kappa shape index (κ3) is 3.14. The molecule has 1 atom stereocenters. The van der Waals surface area contributed by atoms with Crippen LogP contribution >= 0.6 is 0 Å². The van der Waals surface area contributed by atoms with E-state index in [4.69, 9.17) is 5.11 Å². The highest BCUT2D eigenvalue weighted by molar-refractivity contribution is 6.00. The Morgan fingerprint density at radius 1 is 1.30 bits per heavy atom. The average Bonchev–Trinajstić information content (AvgIpc) is 2.40. The molecule has 0 saturated carbocycles. The van der Waals surface area contributed by atoms with Crippen LogP contribution in [0.4, 0.5) is 0 Å². The fraction of sp³-hybridized carbons (Fsp3) is 0.357. The van der Waals surface area contributed by atoms with Gasteiger partial charge in [0.15, 0.2) is 0 Å². The SMILES string of the molecule is Cc1cc(C(=O)O)cc(C(=O)NC2CCCNC2=O)c1. The molecule has 3 N–H and O–H groups in total. The highest BCUT2D eigenvalue weighted by Crippen LogP contribution is 2.11. The molecular weight excluding hydrogens is 260 g/mol. The summed E-state index contributed by atoms with van der Waals surface area (Å²) in [7, 11) is 0. The van der Waals surface area contributed by atoms with Crippen molar-refractivity contribution < 1.29 is 19.5 Å². The van der Waals surface area contributed by atoms with Crippen molar-refractivity contribution in [1.82, 2.24) is 10.6 Å². The molecule has 0 aromatic heterocycles. The molecule has 6 heteroatoms. The molecule has 106 valence electrons. The first-order valence-corrected chi connectivity index (χ1v) is 6.41. The molecule has 1 aromatic carbocycles. The van der Waals surface area contributed by atoms with Crippen LogP contribution in [-0.4, -0.2) is 35.5 Å². The molecule has 0 radical (unpaired) electrons. The second-order valence-electron chi connectivity index (χ2n) is 4.85. The number of hydrogen-bond acceptors (Lipinski definition) is 3. The zero-order valence-electron chi connectivity index (χ0n) is 11.1. The van der Waals surface area contributed by atoms with Gasteiger partial charge < -0.3 is 15.7 Å². The number of aryl methyl sites for hydroxylation is 1. The number of carbonyl (C=O) groups excluding carboxylic acids is 2. The number of amides is 2. The first kappa shape index (κ1) is 14.0. The van der Waals surface area contributed by atoms with Gasteiger partial charge in [-0.1, -0.05) is 0 Å². The van der Waals surface area contributed by atoms with E-state index >= 15 is 0 Å². The van der Waals surface area contributed by atoms with E-state index in [0.717, 1.165) is 6.42 Å². The summed E-state index contributed by atoms with van der Waals surface area (Å²) in [6.07, 6.45) is 1.40. The number of carboxylic acid groups (broad SMARTS) is 1. The lowest BCUT2D eigenvalue weighted by Gasteiger charge is -2.22. The molecule has 1 fully saturated rings. The van der Waals surface area contributed by atoms with Crippen LogP contribution in [0, 0.1) is 6.92 Å². The van der Waals surface area contributed by atoms with Gasteiger partial charge in [-0.2, -0.15) is 0 Å². The Kier molecular flexibility index (Phi) is 4.02. The third-order valence-electron chi connectivity index (χ3n) is 3.18. The maximum absolute atomic E-state index is 12.1. The first-order chi connectivity index (χ1) is 9.47. The van der Waals surface area contributed by atoms with E-state index in [1.165, 1.54) is 12.1 Å². The van der Waals surface area contributed by atoms with E-state index in [9.17, 15) is 14.4 Å². The van der Waals surface area contributed by atoms with Crippen molar-refractivity contribution >= 4 is 17.8 Å². The Bertz CT molecular complexity index is 568. The zero-order valence-corrected chi connectivity index (χ0v) is 11.1. The summed E-state index contributed by atoms with van der Waals surface area (Å²) in [5, 5.41) is 14.3. The van der Waals surface area contributed by atoms with Crippen LogP contribution in [-0.2, 0) is 4.79 Å². The molecule has 1 aliphatic rings. The minimum Gasteiger partial charge on any atom is -0.478 e. The molecule has 1 aromatic rings. The van der Waals surface area contributed by atoms with Crippen molar-refractivity contribution in [1.29, 1.82) is 0 Å². The van der Waals surface area contributed by atoms with Crippen LogP contribution in [0.3, 0.4) is 0 Å². The summed E-state index contributed by atoms with van der Waals surface area (Å²) in [5.41, 5.74) is 0.993. The molecule has 1 heterocycles. The summed E-state index contributed by atoms with van der Waals surface area (Å²) in [6, 6.07) is 3.85. The highest BCUT2D eigenvalue weighted by Gasteiger charge is 2.24. The molecule has 1 saturated heterocycles. The van der Waals surface area contributed by atoms with E-state index in [1.807, 2.05) is 0 Å². The van der Waals surface area contributed by atoms with Crippen molar-refractivity contribution in [2.24, 2.45) is 0 Å². The number of benzene rings is 1. The molecular formula is C14H16N2O4. The van der Waals surface area contributed by atoms with E-state index in [2.05, 4.69) is 10.6 Å². The highest BCUT2D eigenvalue weighted by atomic mass is 16.4. The predicted octanol–water partition coefficient (Wildman–Crippen LogP) is 0.702. The number of aromatic carboxylic acids is 1. The van der Waals surface area contributed by atoms with Crippen molar-refractivity contribution in [2.45, 2.75) is 25.8 Å². The van der Waals surface area contributed by atoms with Crippen LogP contribution in [0.15, 0.2) is 18.2 Å². The Morgan fingerprint density at radius 2 is 2.00 bits per heavy atom. The number of piperidine rings is 1. The number of carbonyl (C=O) groups is 3. The van der Waals surface area contributed by atoms with E-state index in [-0.39, 0.29) is 17.0 Å². The van der Waals surface area contributed by atoms with Crippen LogP contribution in [0.2, 0.25) is 0 Å². The minimum atomic E-state index is -1.09. The Morgan fingerprint density at radius 3 is 2.65 bits per heavy atom. The lowest BCUT2D eigenvalue weighted by atomic mass is 10.0. The molecule has 1 aliphatic heterocycles. The quantitative estimate of drug-likeness (QED) is 0.757. The molecule has 1 unspecified atom stereocenters. The number of carboxylic acids is 1. The summed E-state index contributed by atoms with van der Waals surface area (Å²) < 4.78 is 0. The van der Waals surface area contributed by atoms with Crippen LogP contribution in [0.1, 0.15) is 39.1 Å². The van der Waals surface area contributed by atoms with Crippen molar-refractivity contribution in [3.63, 3.8) is 0 Å². The van der Waals surface area contributed by atoms with E-state index in [0.29, 0.717) is 18.5 Å². The zero-order chi connectivity index (χ0) is 14.7. The smallest absolute Gasteiger partial charge is 0.335 e. The van der Waals surface area contributed by atoms with Gasteiger partial charge in [-0.3, -0.25) is 9.59 Å². The fourth-order valence-electron chi connectivity index (χ4n) is 2.19. The molecule has 2 rings (SSSR count). The van der Waals surface area contributed by atoms with Crippen LogP contribution in [0.5, 0.6) is 0 Å². The average molecular weight is 276 g/mol. The minimum absolute atomic E-state index is 0.0586. The maximum atomic E-state index is 12.1. The number of nitrogens with one attached hydrogen (secondary N) is 2.